The molecule has 6 heteroatoms. The number of aromatic hydroxyl groups is 1. The Balaban J connectivity index is 1.92. The lowest BCUT2D eigenvalue weighted by Gasteiger charge is -2.25. The van der Waals surface area contributed by atoms with Gasteiger partial charge in [0, 0.05) is 18.8 Å². The summed E-state index contributed by atoms with van der Waals surface area (Å²) in [4.78, 5) is 28.5. The summed E-state index contributed by atoms with van der Waals surface area (Å²) < 4.78 is 5.16. The van der Waals surface area contributed by atoms with Crippen molar-refractivity contribution in [2.45, 2.75) is 18.9 Å². The fourth-order valence-electron chi connectivity index (χ4n) is 3.00. The second-order valence-electron chi connectivity index (χ2n) is 5.53. The smallest absolute Gasteiger partial charge is 0.259 e. The first-order valence-corrected chi connectivity index (χ1v) is 7.47. The first kappa shape index (κ1) is 15.1. The maximum atomic E-state index is 12.9. The van der Waals surface area contributed by atoms with Crippen LogP contribution in [0.5, 0.6) is 11.5 Å². The number of nitrogens with zero attached hydrogens (tertiary/aromatic N) is 1. The zero-order chi connectivity index (χ0) is 16.4. The third-order valence-electron chi connectivity index (χ3n) is 4.13. The van der Waals surface area contributed by atoms with Gasteiger partial charge in [0.2, 0.25) is 0 Å². The number of aromatic nitrogens is 1. The number of ether oxygens (including phenoxy) is 1. The van der Waals surface area contributed by atoms with E-state index in [9.17, 15) is 14.7 Å². The third-order valence-corrected chi connectivity index (χ3v) is 4.13. The van der Waals surface area contributed by atoms with Gasteiger partial charge in [-0.25, -0.2) is 0 Å². The summed E-state index contributed by atoms with van der Waals surface area (Å²) in [6.07, 6.45) is 3.17. The Morgan fingerprint density at radius 3 is 2.78 bits per heavy atom. The number of benzene rings is 1. The fraction of sp³-hybridized carbons (Fsp3) is 0.294. The monoisotopic (exact) mass is 314 g/mol. The van der Waals surface area contributed by atoms with E-state index in [0.29, 0.717) is 12.1 Å². The first-order valence-electron chi connectivity index (χ1n) is 7.47. The molecule has 0 bridgehead atoms. The van der Waals surface area contributed by atoms with Crippen LogP contribution in [0.4, 0.5) is 0 Å². The predicted molar refractivity (Wildman–Crippen MR) is 84.7 cm³/mol. The summed E-state index contributed by atoms with van der Waals surface area (Å²) in [6, 6.07) is 8.14. The third kappa shape index (κ3) is 2.92. The van der Waals surface area contributed by atoms with Gasteiger partial charge in [-0.1, -0.05) is 12.1 Å². The maximum absolute atomic E-state index is 12.9. The number of aromatic amines is 1. The average Bonchev–Trinajstić information content (AvgIpc) is 3.04. The van der Waals surface area contributed by atoms with E-state index in [0.717, 1.165) is 18.4 Å². The van der Waals surface area contributed by atoms with Gasteiger partial charge in [-0.05, 0) is 30.5 Å². The van der Waals surface area contributed by atoms with Crippen molar-refractivity contribution in [3.8, 4) is 11.5 Å². The summed E-state index contributed by atoms with van der Waals surface area (Å²) in [5.74, 6) is 0.302. The molecule has 23 heavy (non-hydrogen) atoms. The molecule has 0 radical (unpaired) electrons. The van der Waals surface area contributed by atoms with E-state index < -0.39 is 0 Å². The largest absolute Gasteiger partial charge is 0.508 e. The number of rotatable bonds is 3. The minimum atomic E-state index is -0.310. The lowest BCUT2D eigenvalue weighted by molar-refractivity contribution is 0.0731. The van der Waals surface area contributed by atoms with E-state index >= 15 is 0 Å². The quantitative estimate of drug-likeness (QED) is 0.908. The first-order chi connectivity index (χ1) is 11.1. The molecule has 2 N–H and O–H groups in total. The summed E-state index contributed by atoms with van der Waals surface area (Å²) >= 11 is 0. The van der Waals surface area contributed by atoms with Crippen molar-refractivity contribution >= 4 is 5.91 Å². The molecule has 1 aromatic carbocycles. The molecule has 0 saturated carbocycles. The van der Waals surface area contributed by atoms with Crippen molar-refractivity contribution in [1.82, 2.24) is 9.88 Å². The molecule has 120 valence electrons. The highest BCUT2D eigenvalue weighted by atomic mass is 16.5. The predicted octanol–water partition coefficient (Wildman–Crippen LogP) is 2.07. The standard InChI is InChI=1S/C17H18N2O4/c1-23-15-9-16(21)18-10-13(15)17(22)19-8-2-3-14(19)11-4-6-12(20)7-5-11/h4-7,9-10,14,20H,2-3,8H2,1H3,(H,18,21). The molecule has 6 nitrogen and oxygen atoms in total. The fourth-order valence-corrected chi connectivity index (χ4v) is 3.00. The number of H-pyrrole nitrogens is 1. The van der Waals surface area contributed by atoms with Crippen LogP contribution < -0.4 is 10.3 Å². The Kier molecular flexibility index (Phi) is 4.06. The van der Waals surface area contributed by atoms with Gasteiger partial charge in [0.05, 0.1) is 18.7 Å². The SMILES string of the molecule is COc1cc(=O)[nH]cc1C(=O)N1CCCC1c1ccc(O)cc1. The number of methoxy groups -OCH3 is 1. The molecule has 2 aromatic rings. The second-order valence-corrected chi connectivity index (χ2v) is 5.53. The number of likely N-dealkylation sites (tertiary alicyclic amines) is 1. The van der Waals surface area contributed by atoms with Crippen LogP contribution in [0.15, 0.2) is 41.3 Å². The number of phenolic OH excluding ortho intramolecular Hbond substituents is 1. The van der Waals surface area contributed by atoms with Gasteiger partial charge in [0.25, 0.3) is 11.5 Å². The Morgan fingerprint density at radius 2 is 2.09 bits per heavy atom. The molecule has 1 atom stereocenters. The maximum Gasteiger partial charge on any atom is 0.259 e. The Bertz CT molecular complexity index is 767. The van der Waals surface area contributed by atoms with Crippen LogP contribution in [-0.4, -0.2) is 34.6 Å². The Morgan fingerprint density at radius 1 is 1.35 bits per heavy atom. The lowest BCUT2D eigenvalue weighted by Crippen LogP contribution is -2.31. The topological polar surface area (TPSA) is 82.6 Å². The zero-order valence-corrected chi connectivity index (χ0v) is 12.8. The summed E-state index contributed by atoms with van der Waals surface area (Å²) in [6.45, 7) is 0.645. The van der Waals surface area contributed by atoms with Crippen molar-refractivity contribution in [2.24, 2.45) is 0 Å². The van der Waals surface area contributed by atoms with Crippen LogP contribution in [0.3, 0.4) is 0 Å². The van der Waals surface area contributed by atoms with Gasteiger partial charge in [0.1, 0.15) is 11.5 Å². The van der Waals surface area contributed by atoms with E-state index in [4.69, 9.17) is 4.74 Å². The molecule has 1 aliphatic rings. The second kappa shape index (κ2) is 6.16. The van der Waals surface area contributed by atoms with Gasteiger partial charge in [-0.3, -0.25) is 9.59 Å². The van der Waals surface area contributed by atoms with E-state index in [2.05, 4.69) is 4.98 Å². The highest BCUT2D eigenvalue weighted by molar-refractivity contribution is 5.97. The number of phenols is 1. The molecule has 0 spiro atoms. The van der Waals surface area contributed by atoms with Crippen LogP contribution >= 0.6 is 0 Å². The zero-order valence-electron chi connectivity index (χ0n) is 12.8. The van der Waals surface area contributed by atoms with Crippen LogP contribution in [0.25, 0.3) is 0 Å². The molecule has 1 saturated heterocycles. The average molecular weight is 314 g/mol. The number of hydrogen-bond acceptors (Lipinski definition) is 4. The number of carbonyl (C=O) groups is 1. The number of nitrogens with one attached hydrogen (secondary N) is 1. The summed E-state index contributed by atoms with van der Waals surface area (Å²) in [5.41, 5.74) is 1.02. The van der Waals surface area contributed by atoms with Crippen LogP contribution in [0.2, 0.25) is 0 Å². The van der Waals surface area contributed by atoms with E-state index in [1.54, 1.807) is 17.0 Å². The van der Waals surface area contributed by atoms with Crippen LogP contribution in [0.1, 0.15) is 34.8 Å². The molecule has 3 rings (SSSR count). The van der Waals surface area contributed by atoms with Gasteiger partial charge in [-0.2, -0.15) is 0 Å². The molecule has 1 aromatic heterocycles. The summed E-state index contributed by atoms with van der Waals surface area (Å²) in [5, 5.41) is 9.42. The molecular weight excluding hydrogens is 296 g/mol. The van der Waals surface area contributed by atoms with Gasteiger partial charge in [0.15, 0.2) is 0 Å². The van der Waals surface area contributed by atoms with E-state index in [-0.39, 0.29) is 29.0 Å². The van der Waals surface area contributed by atoms with Crippen molar-refractivity contribution in [3.63, 3.8) is 0 Å². The van der Waals surface area contributed by atoms with Crippen molar-refractivity contribution < 1.29 is 14.6 Å². The number of amides is 1. The molecule has 0 aliphatic carbocycles. The van der Waals surface area contributed by atoms with Gasteiger partial charge >= 0.3 is 0 Å². The molecular formula is C17H18N2O4. The highest BCUT2D eigenvalue weighted by Gasteiger charge is 2.32. The molecule has 1 fully saturated rings. The van der Waals surface area contributed by atoms with Crippen molar-refractivity contribution in [2.75, 3.05) is 13.7 Å². The van der Waals surface area contributed by atoms with Gasteiger partial charge in [-0.15, -0.1) is 0 Å². The molecule has 1 amide bonds. The minimum Gasteiger partial charge on any atom is -0.508 e. The molecule has 1 aliphatic heterocycles. The van der Waals surface area contributed by atoms with Crippen molar-refractivity contribution in [1.29, 1.82) is 0 Å². The number of pyridine rings is 1. The summed E-state index contributed by atoms with van der Waals surface area (Å²) in [7, 11) is 1.44. The van der Waals surface area contributed by atoms with E-state index in [1.165, 1.54) is 19.4 Å². The number of carbonyl (C=O) groups excluding carboxylic acids is 1. The number of hydrogen-bond donors (Lipinski definition) is 2. The Labute approximate surface area is 133 Å². The highest BCUT2D eigenvalue weighted by Crippen LogP contribution is 2.34. The van der Waals surface area contributed by atoms with Crippen molar-refractivity contribution in [3.05, 3.63) is 58.0 Å². The van der Waals surface area contributed by atoms with Crippen LogP contribution in [0, 0.1) is 0 Å². The van der Waals surface area contributed by atoms with Crippen LogP contribution in [-0.2, 0) is 0 Å². The lowest BCUT2D eigenvalue weighted by atomic mass is 10.0. The molecule has 1 unspecified atom stereocenters. The minimum absolute atomic E-state index is 0.0419. The van der Waals surface area contributed by atoms with E-state index in [1.807, 2.05) is 12.1 Å². The van der Waals surface area contributed by atoms with Gasteiger partial charge < -0.3 is 19.7 Å². The molecule has 2 heterocycles. The Hall–Kier alpha value is -2.76. The normalized spacial score (nSPS) is 17.3.